The predicted octanol–water partition coefficient (Wildman–Crippen LogP) is 5.37. The Morgan fingerprint density at radius 2 is 1.59 bits per heavy atom. The molecule has 0 aliphatic rings. The zero-order valence-electron chi connectivity index (χ0n) is 14.4. The fourth-order valence-electron chi connectivity index (χ4n) is 2.78. The number of benzene rings is 2. The number of phenolic OH excluding ortho intramolecular Hbond substituents is 1. The molecule has 2 heteroatoms. The van der Waals surface area contributed by atoms with Crippen molar-refractivity contribution in [3.63, 3.8) is 0 Å². The molecule has 0 radical (unpaired) electrons. The standard InChI is InChI=1S/C20H25NO/c1-13-10-14(2)18(15(3)11-13)21-12-16-8-7-9-17(19(16)22)20(4,5)6/h7-12,22H,1-6H3. The SMILES string of the molecule is Cc1cc(C)c(N=Cc2cccc(C(C)(C)C)c2O)c(C)c1. The number of aliphatic imine (C=N–C) groups is 1. The topological polar surface area (TPSA) is 32.6 Å². The Labute approximate surface area is 133 Å². The maximum atomic E-state index is 10.5. The minimum Gasteiger partial charge on any atom is -0.507 e. The highest BCUT2D eigenvalue weighted by atomic mass is 16.3. The number of rotatable bonds is 2. The lowest BCUT2D eigenvalue weighted by atomic mass is 9.85. The largest absolute Gasteiger partial charge is 0.507 e. The molecule has 0 unspecified atom stereocenters. The maximum absolute atomic E-state index is 10.5. The number of hydrogen-bond acceptors (Lipinski definition) is 2. The van der Waals surface area contributed by atoms with Crippen LogP contribution in [0.2, 0.25) is 0 Å². The third-order valence-corrected chi connectivity index (χ3v) is 3.84. The summed E-state index contributed by atoms with van der Waals surface area (Å²) in [7, 11) is 0. The van der Waals surface area contributed by atoms with Gasteiger partial charge in [0.1, 0.15) is 5.75 Å². The Hall–Kier alpha value is -2.09. The van der Waals surface area contributed by atoms with Crippen LogP contribution in [0, 0.1) is 20.8 Å². The molecule has 1 N–H and O–H groups in total. The van der Waals surface area contributed by atoms with Crippen molar-refractivity contribution in [2.24, 2.45) is 4.99 Å². The molecule has 0 bridgehead atoms. The van der Waals surface area contributed by atoms with E-state index in [1.165, 1.54) is 5.56 Å². The van der Waals surface area contributed by atoms with Crippen molar-refractivity contribution >= 4 is 11.9 Å². The number of aryl methyl sites for hydroxylation is 3. The molecule has 0 aromatic heterocycles. The number of para-hydroxylation sites is 1. The second-order valence-corrected chi connectivity index (χ2v) is 7.00. The molecule has 22 heavy (non-hydrogen) atoms. The van der Waals surface area contributed by atoms with Crippen LogP contribution in [-0.4, -0.2) is 11.3 Å². The second kappa shape index (κ2) is 5.96. The van der Waals surface area contributed by atoms with Crippen molar-refractivity contribution in [3.05, 3.63) is 58.1 Å². The Morgan fingerprint density at radius 3 is 2.14 bits per heavy atom. The van der Waals surface area contributed by atoms with Crippen LogP contribution < -0.4 is 0 Å². The van der Waals surface area contributed by atoms with Gasteiger partial charge in [0.15, 0.2) is 0 Å². The highest BCUT2D eigenvalue weighted by Crippen LogP contribution is 2.33. The van der Waals surface area contributed by atoms with Crippen LogP contribution in [0.4, 0.5) is 5.69 Å². The lowest BCUT2D eigenvalue weighted by Crippen LogP contribution is -2.11. The third-order valence-electron chi connectivity index (χ3n) is 3.84. The van der Waals surface area contributed by atoms with E-state index in [1.54, 1.807) is 6.21 Å². The van der Waals surface area contributed by atoms with Gasteiger partial charge >= 0.3 is 0 Å². The average molecular weight is 295 g/mol. The lowest BCUT2D eigenvalue weighted by molar-refractivity contribution is 0.446. The molecule has 0 saturated heterocycles. The van der Waals surface area contributed by atoms with E-state index < -0.39 is 0 Å². The summed E-state index contributed by atoms with van der Waals surface area (Å²) in [5, 5.41) is 10.5. The van der Waals surface area contributed by atoms with Gasteiger partial charge in [-0.3, -0.25) is 4.99 Å². The van der Waals surface area contributed by atoms with E-state index >= 15 is 0 Å². The summed E-state index contributed by atoms with van der Waals surface area (Å²) in [4.78, 5) is 4.62. The van der Waals surface area contributed by atoms with Crippen molar-refractivity contribution in [1.29, 1.82) is 0 Å². The molecule has 116 valence electrons. The molecule has 0 amide bonds. The van der Waals surface area contributed by atoms with Gasteiger partial charge in [0.2, 0.25) is 0 Å². The van der Waals surface area contributed by atoms with E-state index in [2.05, 4.69) is 58.7 Å². The van der Waals surface area contributed by atoms with Crippen molar-refractivity contribution in [2.75, 3.05) is 0 Å². The molecule has 2 aromatic rings. The molecule has 0 aliphatic carbocycles. The summed E-state index contributed by atoms with van der Waals surface area (Å²) in [5.74, 6) is 0.321. The fraction of sp³-hybridized carbons (Fsp3) is 0.350. The Morgan fingerprint density at radius 1 is 1.00 bits per heavy atom. The van der Waals surface area contributed by atoms with Gasteiger partial charge in [0.25, 0.3) is 0 Å². The van der Waals surface area contributed by atoms with E-state index in [9.17, 15) is 5.11 Å². The molecule has 0 aliphatic heterocycles. The summed E-state index contributed by atoms with van der Waals surface area (Å²) in [6, 6.07) is 10.1. The fourth-order valence-corrected chi connectivity index (χ4v) is 2.78. The molecular weight excluding hydrogens is 270 g/mol. The van der Waals surface area contributed by atoms with Gasteiger partial charge in [-0.05, 0) is 48.9 Å². The Kier molecular flexibility index (Phi) is 4.41. The van der Waals surface area contributed by atoms with E-state index in [0.29, 0.717) is 5.75 Å². The van der Waals surface area contributed by atoms with Gasteiger partial charge in [-0.25, -0.2) is 0 Å². The molecule has 0 atom stereocenters. The first-order valence-corrected chi connectivity index (χ1v) is 7.64. The number of nitrogens with zero attached hydrogens (tertiary/aromatic N) is 1. The predicted molar refractivity (Wildman–Crippen MR) is 94.7 cm³/mol. The van der Waals surface area contributed by atoms with Crippen LogP contribution in [0.15, 0.2) is 35.3 Å². The Bertz CT molecular complexity index is 698. The highest BCUT2D eigenvalue weighted by molar-refractivity contribution is 5.86. The van der Waals surface area contributed by atoms with Gasteiger partial charge in [-0.1, -0.05) is 50.6 Å². The average Bonchev–Trinajstić information content (AvgIpc) is 2.37. The molecule has 2 rings (SSSR count). The molecule has 2 nitrogen and oxygen atoms in total. The van der Waals surface area contributed by atoms with Gasteiger partial charge < -0.3 is 5.11 Å². The first-order chi connectivity index (χ1) is 10.2. The van der Waals surface area contributed by atoms with Gasteiger partial charge in [-0.15, -0.1) is 0 Å². The molecule has 0 saturated carbocycles. The van der Waals surface area contributed by atoms with Gasteiger partial charge in [0, 0.05) is 11.8 Å². The van der Waals surface area contributed by atoms with Crippen molar-refractivity contribution in [1.82, 2.24) is 0 Å². The Balaban J connectivity index is 2.44. The van der Waals surface area contributed by atoms with Gasteiger partial charge in [0.05, 0.1) is 5.69 Å². The quantitative estimate of drug-likeness (QED) is 0.743. The monoisotopic (exact) mass is 295 g/mol. The van der Waals surface area contributed by atoms with Gasteiger partial charge in [-0.2, -0.15) is 0 Å². The molecular formula is C20H25NO. The molecule has 2 aromatic carbocycles. The van der Waals surface area contributed by atoms with Crippen molar-refractivity contribution in [3.8, 4) is 5.75 Å². The maximum Gasteiger partial charge on any atom is 0.128 e. The molecule has 0 heterocycles. The zero-order chi connectivity index (χ0) is 16.5. The highest BCUT2D eigenvalue weighted by Gasteiger charge is 2.19. The summed E-state index contributed by atoms with van der Waals surface area (Å²) >= 11 is 0. The van der Waals surface area contributed by atoms with Crippen LogP contribution in [0.5, 0.6) is 5.75 Å². The normalized spacial score (nSPS) is 12.1. The van der Waals surface area contributed by atoms with Crippen molar-refractivity contribution in [2.45, 2.75) is 47.0 Å². The zero-order valence-corrected chi connectivity index (χ0v) is 14.4. The first kappa shape index (κ1) is 16.3. The van der Waals surface area contributed by atoms with E-state index in [0.717, 1.165) is 27.9 Å². The summed E-state index contributed by atoms with van der Waals surface area (Å²) < 4.78 is 0. The lowest BCUT2D eigenvalue weighted by Gasteiger charge is -2.21. The third kappa shape index (κ3) is 3.38. The van der Waals surface area contributed by atoms with E-state index in [-0.39, 0.29) is 5.41 Å². The van der Waals surface area contributed by atoms with Crippen LogP contribution in [0.25, 0.3) is 0 Å². The number of aromatic hydroxyl groups is 1. The van der Waals surface area contributed by atoms with Crippen molar-refractivity contribution < 1.29 is 5.11 Å². The molecule has 0 spiro atoms. The van der Waals surface area contributed by atoms with Crippen LogP contribution >= 0.6 is 0 Å². The minimum atomic E-state index is -0.0936. The van der Waals surface area contributed by atoms with Crippen LogP contribution in [-0.2, 0) is 5.41 Å². The summed E-state index contributed by atoms with van der Waals surface area (Å²) in [6.45, 7) is 12.5. The van der Waals surface area contributed by atoms with E-state index in [1.807, 2.05) is 18.2 Å². The first-order valence-electron chi connectivity index (χ1n) is 7.64. The summed E-state index contributed by atoms with van der Waals surface area (Å²) in [5.41, 5.74) is 6.13. The van der Waals surface area contributed by atoms with E-state index in [4.69, 9.17) is 0 Å². The van der Waals surface area contributed by atoms with Crippen LogP contribution in [0.3, 0.4) is 0 Å². The van der Waals surface area contributed by atoms with Crippen LogP contribution in [0.1, 0.15) is 48.6 Å². The number of phenols is 1. The molecule has 0 fully saturated rings. The number of hydrogen-bond donors (Lipinski definition) is 1. The minimum absolute atomic E-state index is 0.0936. The summed E-state index contributed by atoms with van der Waals surface area (Å²) in [6.07, 6.45) is 1.76. The second-order valence-electron chi connectivity index (χ2n) is 7.00. The smallest absolute Gasteiger partial charge is 0.128 e.